The third-order valence-electron chi connectivity index (χ3n) is 2.36. The van der Waals surface area contributed by atoms with Crippen LogP contribution in [0.15, 0.2) is 36.5 Å². The number of halogens is 1. The van der Waals surface area contributed by atoms with Crippen LogP contribution in [-0.4, -0.2) is 12.1 Å². The quantitative estimate of drug-likeness (QED) is 0.814. The van der Waals surface area contributed by atoms with Crippen molar-refractivity contribution in [3.63, 3.8) is 0 Å². The summed E-state index contributed by atoms with van der Waals surface area (Å²) >= 11 is 6.07. The summed E-state index contributed by atoms with van der Waals surface area (Å²) in [5.41, 5.74) is 1.90. The summed E-state index contributed by atoms with van der Waals surface area (Å²) in [6.45, 7) is 0. The van der Waals surface area contributed by atoms with Gasteiger partial charge in [-0.25, -0.2) is 0 Å². The lowest BCUT2D eigenvalue weighted by Gasteiger charge is -2.06. The van der Waals surface area contributed by atoms with E-state index in [1.807, 2.05) is 18.2 Å². The van der Waals surface area contributed by atoms with E-state index in [2.05, 4.69) is 11.1 Å². The van der Waals surface area contributed by atoms with E-state index in [0.29, 0.717) is 22.0 Å². The first kappa shape index (κ1) is 11.4. The van der Waals surface area contributed by atoms with Crippen LogP contribution < -0.4 is 4.74 Å². The van der Waals surface area contributed by atoms with Gasteiger partial charge >= 0.3 is 0 Å². The Labute approximate surface area is 104 Å². The van der Waals surface area contributed by atoms with Gasteiger partial charge in [0.15, 0.2) is 5.75 Å². The summed E-state index contributed by atoms with van der Waals surface area (Å²) in [4.78, 5) is 4.23. The van der Waals surface area contributed by atoms with E-state index in [1.165, 1.54) is 13.3 Å². The molecule has 4 heteroatoms. The normalized spacial score (nSPS) is 9.71. The van der Waals surface area contributed by atoms with Gasteiger partial charge in [0.1, 0.15) is 6.07 Å². The van der Waals surface area contributed by atoms with E-state index in [4.69, 9.17) is 21.6 Å². The topological polar surface area (TPSA) is 45.9 Å². The number of pyridine rings is 1. The zero-order chi connectivity index (χ0) is 12.3. The van der Waals surface area contributed by atoms with Crippen molar-refractivity contribution < 1.29 is 4.74 Å². The maximum Gasteiger partial charge on any atom is 0.154 e. The highest BCUT2D eigenvalue weighted by molar-refractivity contribution is 6.33. The van der Waals surface area contributed by atoms with E-state index in [1.54, 1.807) is 12.1 Å². The lowest BCUT2D eigenvalue weighted by molar-refractivity contribution is 0.411. The predicted molar refractivity (Wildman–Crippen MR) is 66.0 cm³/mol. The highest BCUT2D eigenvalue weighted by atomic mass is 35.5. The van der Waals surface area contributed by atoms with Crippen molar-refractivity contribution in [1.29, 1.82) is 5.26 Å². The molecule has 0 aliphatic carbocycles. The van der Waals surface area contributed by atoms with E-state index in [0.717, 1.165) is 5.56 Å². The maximum absolute atomic E-state index is 9.00. The van der Waals surface area contributed by atoms with Gasteiger partial charge < -0.3 is 4.74 Å². The van der Waals surface area contributed by atoms with Crippen LogP contribution in [0.5, 0.6) is 5.75 Å². The third kappa shape index (κ3) is 2.22. The molecule has 1 heterocycles. The Morgan fingerprint density at radius 3 is 2.76 bits per heavy atom. The minimum Gasteiger partial charge on any atom is -0.494 e. The molecule has 3 nitrogen and oxygen atoms in total. The Balaban J connectivity index is 2.55. The average Bonchev–Trinajstić information content (AvgIpc) is 2.38. The average molecular weight is 245 g/mol. The van der Waals surface area contributed by atoms with Crippen molar-refractivity contribution in [1.82, 2.24) is 4.98 Å². The van der Waals surface area contributed by atoms with Crippen LogP contribution in [0.25, 0.3) is 11.3 Å². The molecule has 0 aliphatic heterocycles. The molecule has 0 saturated carbocycles. The van der Waals surface area contributed by atoms with Crippen LogP contribution in [0.2, 0.25) is 5.02 Å². The fraction of sp³-hybridized carbons (Fsp3) is 0.0769. The zero-order valence-corrected chi connectivity index (χ0v) is 9.90. The molecule has 2 aromatic rings. The third-order valence-corrected chi connectivity index (χ3v) is 2.69. The first-order valence-corrected chi connectivity index (χ1v) is 5.33. The zero-order valence-electron chi connectivity index (χ0n) is 9.14. The summed E-state index contributed by atoms with van der Waals surface area (Å²) in [6, 6.07) is 11.1. The molecule has 0 saturated heterocycles. The molecule has 0 atom stereocenters. The molecule has 17 heavy (non-hydrogen) atoms. The molecule has 2 rings (SSSR count). The molecular formula is C13H9ClN2O. The largest absolute Gasteiger partial charge is 0.494 e. The number of benzene rings is 1. The van der Waals surface area contributed by atoms with Gasteiger partial charge in [0, 0.05) is 10.6 Å². The van der Waals surface area contributed by atoms with Gasteiger partial charge in [-0.3, -0.25) is 4.98 Å². The summed E-state index contributed by atoms with van der Waals surface area (Å²) in [7, 11) is 1.51. The smallest absolute Gasteiger partial charge is 0.154 e. The van der Waals surface area contributed by atoms with Crippen molar-refractivity contribution in [3.8, 4) is 23.1 Å². The molecule has 0 fully saturated rings. The van der Waals surface area contributed by atoms with E-state index >= 15 is 0 Å². The number of nitrogens with zero attached hydrogens (tertiary/aromatic N) is 2. The van der Waals surface area contributed by atoms with Crippen molar-refractivity contribution in [2.75, 3.05) is 7.11 Å². The van der Waals surface area contributed by atoms with Gasteiger partial charge in [0.25, 0.3) is 0 Å². The predicted octanol–water partition coefficient (Wildman–Crippen LogP) is 3.28. The maximum atomic E-state index is 9.00. The van der Waals surface area contributed by atoms with Crippen LogP contribution in [0.1, 0.15) is 5.56 Å². The van der Waals surface area contributed by atoms with Crippen LogP contribution in [0.3, 0.4) is 0 Å². The summed E-state index contributed by atoms with van der Waals surface area (Å²) in [5, 5.41) is 9.61. The van der Waals surface area contributed by atoms with Crippen molar-refractivity contribution >= 4 is 11.6 Å². The Kier molecular flexibility index (Phi) is 3.27. The van der Waals surface area contributed by atoms with E-state index < -0.39 is 0 Å². The molecule has 1 aromatic heterocycles. The van der Waals surface area contributed by atoms with Crippen LogP contribution in [-0.2, 0) is 0 Å². The number of nitriles is 1. The first-order valence-electron chi connectivity index (χ1n) is 4.95. The Morgan fingerprint density at radius 1 is 1.35 bits per heavy atom. The second kappa shape index (κ2) is 4.86. The SMILES string of the molecule is COc1cnc(-c2ccccc2Cl)cc1C#N. The van der Waals surface area contributed by atoms with Crippen LogP contribution in [0.4, 0.5) is 0 Å². The second-order valence-corrected chi connectivity index (χ2v) is 3.77. The number of rotatable bonds is 2. The van der Waals surface area contributed by atoms with Gasteiger partial charge in [0.05, 0.1) is 24.6 Å². The monoisotopic (exact) mass is 244 g/mol. The van der Waals surface area contributed by atoms with Gasteiger partial charge in [-0.15, -0.1) is 0 Å². The van der Waals surface area contributed by atoms with E-state index in [-0.39, 0.29) is 0 Å². The molecule has 0 unspecified atom stereocenters. The standard InChI is InChI=1S/C13H9ClN2O/c1-17-13-8-16-12(6-9(13)7-15)10-4-2-3-5-11(10)14/h2-6,8H,1H3. The summed E-state index contributed by atoms with van der Waals surface area (Å²) in [5.74, 6) is 0.461. The molecule has 0 amide bonds. The molecular weight excluding hydrogens is 236 g/mol. The fourth-order valence-corrected chi connectivity index (χ4v) is 1.74. The number of aromatic nitrogens is 1. The summed E-state index contributed by atoms with van der Waals surface area (Å²) in [6.07, 6.45) is 1.53. The lowest BCUT2D eigenvalue weighted by Crippen LogP contribution is -1.92. The number of ether oxygens (including phenoxy) is 1. The molecule has 0 aliphatic rings. The molecule has 0 spiro atoms. The van der Waals surface area contributed by atoms with Gasteiger partial charge in [-0.2, -0.15) is 5.26 Å². The second-order valence-electron chi connectivity index (χ2n) is 3.36. The van der Waals surface area contributed by atoms with Gasteiger partial charge in [-0.05, 0) is 12.1 Å². The van der Waals surface area contributed by atoms with Crippen molar-refractivity contribution in [2.45, 2.75) is 0 Å². The molecule has 0 bridgehead atoms. The van der Waals surface area contributed by atoms with Gasteiger partial charge in [-0.1, -0.05) is 29.8 Å². The van der Waals surface area contributed by atoms with Crippen LogP contribution in [0, 0.1) is 11.3 Å². The number of hydrogen-bond acceptors (Lipinski definition) is 3. The lowest BCUT2D eigenvalue weighted by atomic mass is 10.1. The Morgan fingerprint density at radius 2 is 2.12 bits per heavy atom. The number of methoxy groups -OCH3 is 1. The van der Waals surface area contributed by atoms with Crippen molar-refractivity contribution in [3.05, 3.63) is 47.1 Å². The minimum atomic E-state index is 0.442. The number of hydrogen-bond donors (Lipinski definition) is 0. The highest BCUT2D eigenvalue weighted by Crippen LogP contribution is 2.28. The molecule has 0 radical (unpaired) electrons. The molecule has 1 aromatic carbocycles. The summed E-state index contributed by atoms with van der Waals surface area (Å²) < 4.78 is 5.04. The Hall–Kier alpha value is -2.05. The van der Waals surface area contributed by atoms with Crippen LogP contribution >= 0.6 is 11.6 Å². The minimum absolute atomic E-state index is 0.442. The van der Waals surface area contributed by atoms with Gasteiger partial charge in [0.2, 0.25) is 0 Å². The Bertz CT molecular complexity index is 590. The van der Waals surface area contributed by atoms with Crippen molar-refractivity contribution in [2.24, 2.45) is 0 Å². The molecule has 0 N–H and O–H groups in total. The molecule has 84 valence electrons. The highest BCUT2D eigenvalue weighted by Gasteiger charge is 2.08. The first-order chi connectivity index (χ1) is 8.26. The van der Waals surface area contributed by atoms with E-state index in [9.17, 15) is 0 Å². The fourth-order valence-electron chi connectivity index (χ4n) is 1.51.